The molecule has 1 rings (SSSR count). The lowest BCUT2D eigenvalue weighted by molar-refractivity contribution is -0.135. The highest BCUT2D eigenvalue weighted by Crippen LogP contribution is 1.98. The molecule has 5 heteroatoms. The molecule has 0 aliphatic carbocycles. The molecule has 1 amide bonds. The van der Waals surface area contributed by atoms with Crippen molar-refractivity contribution in [3.8, 4) is 0 Å². The summed E-state index contributed by atoms with van der Waals surface area (Å²) in [5, 5.41) is 13.5. The van der Waals surface area contributed by atoms with Gasteiger partial charge < -0.3 is 15.7 Å². The van der Waals surface area contributed by atoms with Crippen molar-refractivity contribution in [1.82, 2.24) is 10.6 Å². The number of amides is 1. The molecule has 1 heterocycles. The van der Waals surface area contributed by atoms with Crippen LogP contribution < -0.4 is 10.6 Å². The third-order valence-corrected chi connectivity index (χ3v) is 1.30. The van der Waals surface area contributed by atoms with Gasteiger partial charge in [0.15, 0.2) is 0 Å². The number of hydrogen-bond donors (Lipinski definition) is 3. The Labute approximate surface area is 63.1 Å². The highest BCUT2D eigenvalue weighted by Gasteiger charge is 2.22. The van der Waals surface area contributed by atoms with Crippen LogP contribution in [-0.2, 0) is 9.59 Å². The molecule has 5 nitrogen and oxygen atoms in total. The molecular formula is C6H8N2O3. The number of rotatable bonds is 1. The van der Waals surface area contributed by atoms with E-state index in [-0.39, 0.29) is 11.7 Å². The summed E-state index contributed by atoms with van der Waals surface area (Å²) in [7, 11) is 0. The smallest absolute Gasteiger partial charge is 0.342 e. The standard InChI is InChI=1S/C6H8N2O3/c1-3-7-2-4(6(10)11)5(9)8-3/h2-3,7H,1H3,(H,8,9)(H,10,11). The van der Waals surface area contributed by atoms with Gasteiger partial charge in [-0.3, -0.25) is 4.79 Å². The van der Waals surface area contributed by atoms with Crippen molar-refractivity contribution in [3.63, 3.8) is 0 Å². The molecule has 1 unspecified atom stereocenters. The van der Waals surface area contributed by atoms with Crippen LogP contribution in [0, 0.1) is 0 Å². The van der Waals surface area contributed by atoms with Crippen LogP contribution in [0.15, 0.2) is 11.8 Å². The topological polar surface area (TPSA) is 78.4 Å². The number of carbonyl (C=O) groups is 2. The van der Waals surface area contributed by atoms with E-state index in [1.165, 1.54) is 6.20 Å². The van der Waals surface area contributed by atoms with Crippen LogP contribution >= 0.6 is 0 Å². The monoisotopic (exact) mass is 156 g/mol. The van der Waals surface area contributed by atoms with Crippen molar-refractivity contribution in [2.75, 3.05) is 0 Å². The Kier molecular flexibility index (Phi) is 1.80. The second kappa shape index (κ2) is 2.61. The van der Waals surface area contributed by atoms with E-state index in [1.807, 2.05) is 0 Å². The van der Waals surface area contributed by atoms with Crippen LogP contribution in [0.4, 0.5) is 0 Å². The highest BCUT2D eigenvalue weighted by molar-refractivity contribution is 6.15. The Morgan fingerprint density at radius 3 is 2.82 bits per heavy atom. The minimum atomic E-state index is -1.22. The van der Waals surface area contributed by atoms with Gasteiger partial charge in [0.25, 0.3) is 5.91 Å². The molecular weight excluding hydrogens is 148 g/mol. The number of carboxylic acid groups (broad SMARTS) is 1. The zero-order chi connectivity index (χ0) is 8.43. The van der Waals surface area contributed by atoms with E-state index in [9.17, 15) is 9.59 Å². The molecule has 3 N–H and O–H groups in total. The average Bonchev–Trinajstić information content (AvgIpc) is 1.85. The Morgan fingerprint density at radius 1 is 1.73 bits per heavy atom. The number of carbonyl (C=O) groups excluding carboxylic acids is 1. The molecule has 0 aromatic rings. The van der Waals surface area contributed by atoms with E-state index >= 15 is 0 Å². The van der Waals surface area contributed by atoms with Crippen molar-refractivity contribution in [2.45, 2.75) is 13.1 Å². The van der Waals surface area contributed by atoms with Gasteiger partial charge in [-0.1, -0.05) is 0 Å². The fourth-order valence-corrected chi connectivity index (χ4v) is 0.749. The lowest BCUT2D eigenvalue weighted by atomic mass is 10.2. The largest absolute Gasteiger partial charge is 0.477 e. The fourth-order valence-electron chi connectivity index (χ4n) is 0.749. The van der Waals surface area contributed by atoms with Crippen LogP contribution in [0.2, 0.25) is 0 Å². The minimum Gasteiger partial charge on any atom is -0.477 e. The molecule has 0 fully saturated rings. The summed E-state index contributed by atoms with van der Waals surface area (Å²) in [4.78, 5) is 21.1. The van der Waals surface area contributed by atoms with Gasteiger partial charge in [0, 0.05) is 6.20 Å². The molecule has 1 atom stereocenters. The van der Waals surface area contributed by atoms with Gasteiger partial charge >= 0.3 is 5.97 Å². The molecule has 1 aliphatic rings. The van der Waals surface area contributed by atoms with E-state index in [1.54, 1.807) is 6.92 Å². The van der Waals surface area contributed by atoms with Gasteiger partial charge in [0.1, 0.15) is 5.57 Å². The SMILES string of the molecule is CC1NC=C(C(=O)O)C(=O)N1. The summed E-state index contributed by atoms with van der Waals surface area (Å²) >= 11 is 0. The molecule has 0 aromatic heterocycles. The molecule has 0 saturated heterocycles. The van der Waals surface area contributed by atoms with Crippen molar-refractivity contribution < 1.29 is 14.7 Å². The van der Waals surface area contributed by atoms with Gasteiger partial charge in [-0.05, 0) is 6.92 Å². The lowest BCUT2D eigenvalue weighted by Crippen LogP contribution is -2.47. The molecule has 0 bridgehead atoms. The van der Waals surface area contributed by atoms with Crippen molar-refractivity contribution in [3.05, 3.63) is 11.8 Å². The Bertz CT molecular complexity index is 234. The van der Waals surface area contributed by atoms with Crippen LogP contribution in [0.5, 0.6) is 0 Å². The average molecular weight is 156 g/mol. The first kappa shape index (κ1) is 7.59. The molecule has 1 aliphatic heterocycles. The van der Waals surface area contributed by atoms with E-state index in [0.717, 1.165) is 0 Å². The summed E-state index contributed by atoms with van der Waals surface area (Å²) in [5.74, 6) is -1.77. The maximum atomic E-state index is 10.8. The Balaban J connectivity index is 2.81. The second-order valence-electron chi connectivity index (χ2n) is 2.22. The molecule has 0 spiro atoms. The van der Waals surface area contributed by atoms with Crippen LogP contribution in [0.25, 0.3) is 0 Å². The summed E-state index contributed by atoms with van der Waals surface area (Å²) in [6.07, 6.45) is 0.997. The van der Waals surface area contributed by atoms with Gasteiger partial charge in [0.05, 0.1) is 6.17 Å². The van der Waals surface area contributed by atoms with Gasteiger partial charge in [-0.25, -0.2) is 4.79 Å². The quantitative estimate of drug-likeness (QED) is 0.426. The third-order valence-electron chi connectivity index (χ3n) is 1.30. The van der Waals surface area contributed by atoms with Crippen LogP contribution in [-0.4, -0.2) is 23.1 Å². The molecule has 0 saturated carbocycles. The zero-order valence-corrected chi connectivity index (χ0v) is 5.92. The number of nitrogens with one attached hydrogen (secondary N) is 2. The highest BCUT2D eigenvalue weighted by atomic mass is 16.4. The normalized spacial score (nSPS) is 23.2. The predicted molar refractivity (Wildman–Crippen MR) is 36.5 cm³/mol. The van der Waals surface area contributed by atoms with Crippen molar-refractivity contribution in [1.29, 1.82) is 0 Å². The summed E-state index contributed by atoms with van der Waals surface area (Å²) in [5.41, 5.74) is -0.261. The van der Waals surface area contributed by atoms with E-state index in [2.05, 4.69) is 10.6 Å². The molecule has 60 valence electrons. The van der Waals surface area contributed by atoms with Gasteiger partial charge in [-0.2, -0.15) is 0 Å². The lowest BCUT2D eigenvalue weighted by Gasteiger charge is -2.19. The van der Waals surface area contributed by atoms with E-state index in [4.69, 9.17) is 5.11 Å². The first-order valence-electron chi connectivity index (χ1n) is 3.11. The van der Waals surface area contributed by atoms with Crippen LogP contribution in [0.1, 0.15) is 6.92 Å². The third kappa shape index (κ3) is 1.49. The van der Waals surface area contributed by atoms with E-state index in [0.29, 0.717) is 0 Å². The van der Waals surface area contributed by atoms with Gasteiger partial charge in [-0.15, -0.1) is 0 Å². The summed E-state index contributed by atoms with van der Waals surface area (Å²) in [6, 6.07) is 0. The number of hydrogen-bond acceptors (Lipinski definition) is 3. The maximum absolute atomic E-state index is 10.8. The zero-order valence-electron chi connectivity index (χ0n) is 5.92. The maximum Gasteiger partial charge on any atom is 0.342 e. The fraction of sp³-hybridized carbons (Fsp3) is 0.333. The Hall–Kier alpha value is -1.52. The second-order valence-corrected chi connectivity index (χ2v) is 2.22. The van der Waals surface area contributed by atoms with Crippen molar-refractivity contribution in [2.24, 2.45) is 0 Å². The number of aliphatic carboxylic acids is 1. The van der Waals surface area contributed by atoms with Crippen LogP contribution in [0.3, 0.4) is 0 Å². The predicted octanol–water partition coefficient (Wildman–Crippen LogP) is -0.980. The first-order valence-corrected chi connectivity index (χ1v) is 3.11. The Morgan fingerprint density at radius 2 is 2.36 bits per heavy atom. The summed E-state index contributed by atoms with van der Waals surface area (Å²) < 4.78 is 0. The van der Waals surface area contributed by atoms with Gasteiger partial charge in [0.2, 0.25) is 0 Å². The molecule has 0 radical (unpaired) electrons. The summed E-state index contributed by atoms with van der Waals surface area (Å²) in [6.45, 7) is 1.72. The van der Waals surface area contributed by atoms with E-state index < -0.39 is 11.9 Å². The minimum absolute atomic E-state index is 0.203. The van der Waals surface area contributed by atoms with Crippen molar-refractivity contribution >= 4 is 11.9 Å². The first-order chi connectivity index (χ1) is 5.11. The number of carboxylic acids is 1. The molecule has 11 heavy (non-hydrogen) atoms. The molecule has 0 aromatic carbocycles.